The van der Waals surface area contributed by atoms with Crippen LogP contribution >= 0.6 is 11.8 Å². The van der Waals surface area contributed by atoms with Crippen molar-refractivity contribution in [1.29, 1.82) is 0 Å². The van der Waals surface area contributed by atoms with Gasteiger partial charge in [-0.3, -0.25) is 4.79 Å². The zero-order valence-electron chi connectivity index (χ0n) is 15.4. The van der Waals surface area contributed by atoms with E-state index in [1.807, 2.05) is 36.4 Å². The largest absolute Gasteiger partial charge is 0.314 e. The molecule has 0 aliphatic carbocycles. The van der Waals surface area contributed by atoms with Crippen molar-refractivity contribution in [3.05, 3.63) is 90.3 Å². The van der Waals surface area contributed by atoms with E-state index in [2.05, 4.69) is 54.0 Å². The third-order valence-corrected chi connectivity index (χ3v) is 6.37. The summed E-state index contributed by atoms with van der Waals surface area (Å²) in [5.41, 5.74) is 5.21. The average molecular weight is 382 g/mol. The van der Waals surface area contributed by atoms with E-state index in [-0.39, 0.29) is 6.04 Å². The molecule has 1 atom stereocenters. The Hall–Kier alpha value is -3.11. The highest BCUT2D eigenvalue weighted by atomic mass is 32.2. The van der Waals surface area contributed by atoms with E-state index in [4.69, 9.17) is 4.98 Å². The van der Waals surface area contributed by atoms with Gasteiger partial charge in [0.2, 0.25) is 0 Å². The molecule has 28 heavy (non-hydrogen) atoms. The smallest absolute Gasteiger partial charge is 0.185 e. The van der Waals surface area contributed by atoms with E-state index in [9.17, 15) is 4.79 Å². The number of nitrogens with zero attached hydrogens (tertiary/aromatic N) is 2. The summed E-state index contributed by atoms with van der Waals surface area (Å²) in [6, 6.07) is 26.9. The molecule has 3 nitrogen and oxygen atoms in total. The second kappa shape index (κ2) is 6.80. The molecule has 0 amide bonds. The SMILES string of the molecule is CC(c1ccccc1)n1c(C=O)nc2c1-c1ccccc1Sc1ccccc1-2. The molecule has 1 aromatic heterocycles. The zero-order chi connectivity index (χ0) is 19.1. The van der Waals surface area contributed by atoms with Crippen LogP contribution in [0.2, 0.25) is 0 Å². The van der Waals surface area contributed by atoms with E-state index in [0.717, 1.165) is 39.3 Å². The van der Waals surface area contributed by atoms with Crippen LogP contribution in [0.3, 0.4) is 0 Å². The molecule has 4 heteroatoms. The second-order valence-electron chi connectivity index (χ2n) is 6.84. The van der Waals surface area contributed by atoms with Gasteiger partial charge in [-0.15, -0.1) is 0 Å². The Morgan fingerprint density at radius 1 is 0.857 bits per heavy atom. The van der Waals surface area contributed by atoms with Crippen LogP contribution < -0.4 is 0 Å². The van der Waals surface area contributed by atoms with E-state index >= 15 is 0 Å². The molecule has 0 radical (unpaired) electrons. The first-order chi connectivity index (χ1) is 13.8. The predicted molar refractivity (Wildman–Crippen MR) is 113 cm³/mol. The molecule has 4 aromatic rings. The van der Waals surface area contributed by atoms with Crippen molar-refractivity contribution >= 4 is 18.0 Å². The Bertz CT molecular complexity index is 1180. The van der Waals surface area contributed by atoms with Gasteiger partial charge in [0.15, 0.2) is 12.1 Å². The van der Waals surface area contributed by atoms with Crippen molar-refractivity contribution in [2.75, 3.05) is 0 Å². The first kappa shape index (κ1) is 17.0. The van der Waals surface area contributed by atoms with Crippen LogP contribution in [0.4, 0.5) is 0 Å². The molecule has 2 heterocycles. The number of aromatic nitrogens is 2. The number of fused-ring (bicyclic) bond motifs is 5. The molecule has 136 valence electrons. The molecular weight excluding hydrogens is 364 g/mol. The zero-order valence-corrected chi connectivity index (χ0v) is 16.2. The van der Waals surface area contributed by atoms with Crippen LogP contribution in [0.5, 0.6) is 0 Å². The quantitative estimate of drug-likeness (QED) is 0.353. The van der Waals surface area contributed by atoms with E-state index < -0.39 is 0 Å². The lowest BCUT2D eigenvalue weighted by atomic mass is 10.0. The molecule has 0 spiro atoms. The number of rotatable bonds is 3. The van der Waals surface area contributed by atoms with Crippen molar-refractivity contribution in [3.8, 4) is 22.5 Å². The third-order valence-electron chi connectivity index (χ3n) is 5.22. The fourth-order valence-corrected chi connectivity index (χ4v) is 4.95. The minimum Gasteiger partial charge on any atom is -0.314 e. The minimum atomic E-state index is -0.0130. The Morgan fingerprint density at radius 3 is 2.18 bits per heavy atom. The van der Waals surface area contributed by atoms with Gasteiger partial charge in [0.25, 0.3) is 0 Å². The molecule has 3 aromatic carbocycles. The van der Waals surface area contributed by atoms with Crippen LogP contribution in [-0.4, -0.2) is 15.8 Å². The molecule has 5 rings (SSSR count). The summed E-state index contributed by atoms with van der Waals surface area (Å²) >= 11 is 1.75. The van der Waals surface area contributed by atoms with Gasteiger partial charge in [-0.25, -0.2) is 4.98 Å². The summed E-state index contributed by atoms with van der Waals surface area (Å²) in [5, 5.41) is 0. The van der Waals surface area contributed by atoms with Crippen LogP contribution in [-0.2, 0) is 0 Å². The molecular formula is C24H18N2OS. The summed E-state index contributed by atoms with van der Waals surface area (Å²) in [6.07, 6.45) is 0.867. The summed E-state index contributed by atoms with van der Waals surface area (Å²) in [7, 11) is 0. The van der Waals surface area contributed by atoms with Crippen molar-refractivity contribution in [2.45, 2.75) is 22.8 Å². The van der Waals surface area contributed by atoms with Gasteiger partial charge in [0, 0.05) is 20.9 Å². The van der Waals surface area contributed by atoms with Gasteiger partial charge in [-0.1, -0.05) is 78.5 Å². The van der Waals surface area contributed by atoms with Crippen molar-refractivity contribution in [3.63, 3.8) is 0 Å². The molecule has 1 aliphatic rings. The second-order valence-corrected chi connectivity index (χ2v) is 7.92. The number of aldehydes is 1. The first-order valence-corrected chi connectivity index (χ1v) is 10.1. The van der Waals surface area contributed by atoms with Crippen LogP contribution in [0, 0.1) is 0 Å². The maximum Gasteiger partial charge on any atom is 0.185 e. The van der Waals surface area contributed by atoms with Gasteiger partial charge in [-0.05, 0) is 24.6 Å². The highest BCUT2D eigenvalue weighted by Gasteiger charge is 2.28. The molecule has 1 aliphatic heterocycles. The van der Waals surface area contributed by atoms with Gasteiger partial charge in [-0.2, -0.15) is 0 Å². The fraction of sp³-hybridized carbons (Fsp3) is 0.0833. The van der Waals surface area contributed by atoms with E-state index in [0.29, 0.717) is 5.82 Å². The highest BCUT2D eigenvalue weighted by molar-refractivity contribution is 7.99. The number of hydrogen-bond acceptors (Lipinski definition) is 3. The molecule has 0 saturated heterocycles. The summed E-state index contributed by atoms with van der Waals surface area (Å²) < 4.78 is 2.08. The van der Waals surface area contributed by atoms with E-state index in [1.54, 1.807) is 11.8 Å². The third kappa shape index (κ3) is 2.60. The van der Waals surface area contributed by atoms with Crippen molar-refractivity contribution in [2.24, 2.45) is 0 Å². The number of imidazole rings is 1. The minimum absolute atomic E-state index is 0.0130. The van der Waals surface area contributed by atoms with Crippen LogP contribution in [0.15, 0.2) is 88.7 Å². The molecule has 0 fully saturated rings. The average Bonchev–Trinajstić information content (AvgIpc) is 3.07. The summed E-state index contributed by atoms with van der Waals surface area (Å²) in [6.45, 7) is 2.12. The molecule has 0 saturated carbocycles. The predicted octanol–water partition coefficient (Wildman–Crippen LogP) is 6.10. The lowest BCUT2D eigenvalue weighted by molar-refractivity contribution is 0.111. The van der Waals surface area contributed by atoms with Gasteiger partial charge >= 0.3 is 0 Å². The lowest BCUT2D eigenvalue weighted by Gasteiger charge is -2.19. The number of benzene rings is 3. The molecule has 1 unspecified atom stereocenters. The standard InChI is InChI=1S/C24H18N2OS/c1-16(17-9-3-2-4-10-17)26-22(15-27)25-23-18-11-5-7-13-20(18)28-21-14-8-6-12-19(21)24(23)26/h2-16H,1H3. The van der Waals surface area contributed by atoms with Crippen molar-refractivity contribution in [1.82, 2.24) is 9.55 Å². The summed E-state index contributed by atoms with van der Waals surface area (Å²) in [4.78, 5) is 19.1. The maximum atomic E-state index is 12.0. The monoisotopic (exact) mass is 382 g/mol. The highest BCUT2D eigenvalue weighted by Crippen LogP contribution is 2.48. The normalized spacial score (nSPS) is 13.0. The van der Waals surface area contributed by atoms with Gasteiger partial charge in [0.1, 0.15) is 0 Å². The Labute approximate surface area is 168 Å². The van der Waals surface area contributed by atoms with Crippen molar-refractivity contribution < 1.29 is 4.79 Å². The number of hydrogen-bond donors (Lipinski definition) is 0. The van der Waals surface area contributed by atoms with Crippen LogP contribution in [0.1, 0.15) is 29.1 Å². The Kier molecular flexibility index (Phi) is 4.14. The van der Waals surface area contributed by atoms with Gasteiger partial charge < -0.3 is 4.57 Å². The first-order valence-electron chi connectivity index (χ1n) is 9.27. The van der Waals surface area contributed by atoms with E-state index in [1.165, 1.54) is 4.90 Å². The Balaban J connectivity index is 1.86. The number of carbonyl (C=O) groups is 1. The lowest BCUT2D eigenvalue weighted by Crippen LogP contribution is -2.12. The number of carbonyl (C=O) groups excluding carboxylic acids is 1. The topological polar surface area (TPSA) is 34.9 Å². The van der Waals surface area contributed by atoms with Crippen LogP contribution in [0.25, 0.3) is 22.5 Å². The fourth-order valence-electron chi connectivity index (χ4n) is 3.87. The Morgan fingerprint density at radius 2 is 1.46 bits per heavy atom. The molecule has 0 bridgehead atoms. The molecule has 0 N–H and O–H groups in total. The van der Waals surface area contributed by atoms with Gasteiger partial charge in [0.05, 0.1) is 17.4 Å². The summed E-state index contributed by atoms with van der Waals surface area (Å²) in [5.74, 6) is 0.456. The maximum absolute atomic E-state index is 12.0.